The van der Waals surface area contributed by atoms with Crippen molar-refractivity contribution in [3.8, 4) is 0 Å². The van der Waals surface area contributed by atoms with Crippen molar-refractivity contribution in [1.82, 2.24) is 15.3 Å². The number of fused-ring (bicyclic) bond motifs is 1. The van der Waals surface area contributed by atoms with Gasteiger partial charge in [-0.3, -0.25) is 9.59 Å². The molecule has 0 aromatic carbocycles. The van der Waals surface area contributed by atoms with E-state index in [1.807, 2.05) is 13.8 Å². The Morgan fingerprint density at radius 1 is 1.36 bits per heavy atom. The average Bonchev–Trinajstić information content (AvgIpc) is 2.88. The minimum absolute atomic E-state index is 0.0795. The lowest BCUT2D eigenvalue weighted by Gasteiger charge is -2.13. The molecule has 9 heteroatoms. The summed E-state index contributed by atoms with van der Waals surface area (Å²) in [4.78, 5) is 34.4. The Morgan fingerprint density at radius 2 is 2.12 bits per heavy atom. The van der Waals surface area contributed by atoms with Crippen LogP contribution < -0.4 is 5.32 Å². The first-order valence-corrected chi connectivity index (χ1v) is 9.53. The summed E-state index contributed by atoms with van der Waals surface area (Å²) in [5.74, 6) is -0.726. The number of hydrogen-bond acceptors (Lipinski definition) is 8. The van der Waals surface area contributed by atoms with Crippen molar-refractivity contribution in [2.24, 2.45) is 0 Å². The lowest BCUT2D eigenvalue weighted by atomic mass is 10.2. The second kappa shape index (κ2) is 9.12. The Morgan fingerprint density at radius 3 is 2.84 bits per heavy atom. The Hall–Kier alpha value is -1.71. The fraction of sp³-hybridized carbons (Fsp3) is 0.500. The first-order chi connectivity index (χ1) is 11.9. The molecule has 2 aromatic heterocycles. The molecule has 1 N–H and O–H groups in total. The first kappa shape index (κ1) is 19.6. The number of carbonyl (C=O) groups is 2. The summed E-state index contributed by atoms with van der Waals surface area (Å²) >= 11 is 2.90. The Bertz CT molecular complexity index is 763. The topological polar surface area (TPSA) is 90.4 Å². The van der Waals surface area contributed by atoms with Crippen molar-refractivity contribution >= 4 is 45.2 Å². The van der Waals surface area contributed by atoms with Crippen LogP contribution in [0.3, 0.4) is 0 Å². The number of nitrogens with zero attached hydrogens (tertiary/aromatic N) is 2. The van der Waals surface area contributed by atoms with E-state index in [-0.39, 0.29) is 11.7 Å². The number of nitrogens with one attached hydrogen (secondary N) is 1. The van der Waals surface area contributed by atoms with Crippen molar-refractivity contribution < 1.29 is 19.1 Å². The zero-order chi connectivity index (χ0) is 18.4. The highest BCUT2D eigenvalue weighted by Crippen LogP contribution is 2.34. The summed E-state index contributed by atoms with van der Waals surface area (Å²) in [6, 6.07) is 0. The molecule has 0 aliphatic heterocycles. The van der Waals surface area contributed by atoms with E-state index in [4.69, 9.17) is 9.47 Å². The van der Waals surface area contributed by atoms with Gasteiger partial charge < -0.3 is 14.8 Å². The van der Waals surface area contributed by atoms with Crippen LogP contribution in [-0.2, 0) is 19.1 Å². The van der Waals surface area contributed by atoms with Crippen LogP contribution in [0.2, 0.25) is 0 Å². The SMILES string of the molecule is COCCNC(=O)[C@H](C)OC(=O)CSc1ncnc2sc(C)c(C)c12. The lowest BCUT2D eigenvalue weighted by Crippen LogP contribution is -2.37. The fourth-order valence-electron chi connectivity index (χ4n) is 2.09. The van der Waals surface area contributed by atoms with Crippen molar-refractivity contribution in [2.75, 3.05) is 26.0 Å². The van der Waals surface area contributed by atoms with E-state index >= 15 is 0 Å². The maximum Gasteiger partial charge on any atom is 0.317 e. The third kappa shape index (κ3) is 5.13. The summed E-state index contributed by atoms with van der Waals surface area (Å²) in [6.45, 7) is 6.38. The molecular formula is C16H21N3O4S2. The van der Waals surface area contributed by atoms with Crippen molar-refractivity contribution in [3.05, 3.63) is 16.8 Å². The van der Waals surface area contributed by atoms with Gasteiger partial charge >= 0.3 is 5.97 Å². The maximum atomic E-state index is 12.0. The monoisotopic (exact) mass is 383 g/mol. The number of rotatable bonds is 8. The Balaban J connectivity index is 1.91. The smallest absolute Gasteiger partial charge is 0.317 e. The van der Waals surface area contributed by atoms with Crippen LogP contribution in [0.15, 0.2) is 11.4 Å². The molecule has 0 saturated carbocycles. The fourth-order valence-corrected chi connectivity index (χ4v) is 3.99. The number of thiophene rings is 1. The van der Waals surface area contributed by atoms with E-state index in [2.05, 4.69) is 15.3 Å². The van der Waals surface area contributed by atoms with Gasteiger partial charge in [-0.25, -0.2) is 9.97 Å². The summed E-state index contributed by atoms with van der Waals surface area (Å²) in [5.41, 5.74) is 1.13. The number of carbonyl (C=O) groups excluding carboxylic acids is 2. The van der Waals surface area contributed by atoms with Gasteiger partial charge in [-0.15, -0.1) is 11.3 Å². The van der Waals surface area contributed by atoms with Crippen molar-refractivity contribution in [2.45, 2.75) is 31.9 Å². The normalized spacial score (nSPS) is 12.2. The molecule has 2 rings (SSSR count). The molecule has 0 spiro atoms. The van der Waals surface area contributed by atoms with E-state index < -0.39 is 12.1 Å². The molecule has 7 nitrogen and oxygen atoms in total. The zero-order valence-electron chi connectivity index (χ0n) is 14.6. The van der Waals surface area contributed by atoms with Gasteiger partial charge in [0.1, 0.15) is 16.2 Å². The lowest BCUT2D eigenvalue weighted by molar-refractivity contribution is -0.152. The van der Waals surface area contributed by atoms with E-state index in [1.54, 1.807) is 25.4 Å². The van der Waals surface area contributed by atoms with Crippen molar-refractivity contribution in [3.63, 3.8) is 0 Å². The van der Waals surface area contributed by atoms with Crippen LogP contribution in [0.5, 0.6) is 0 Å². The van der Waals surface area contributed by atoms with Crippen LogP contribution in [0.1, 0.15) is 17.4 Å². The number of aromatic nitrogens is 2. The first-order valence-electron chi connectivity index (χ1n) is 7.73. The van der Waals surface area contributed by atoms with Gasteiger partial charge in [0.2, 0.25) is 0 Å². The molecule has 0 unspecified atom stereocenters. The van der Waals surface area contributed by atoms with Gasteiger partial charge in [-0.05, 0) is 26.3 Å². The van der Waals surface area contributed by atoms with E-state index in [0.717, 1.165) is 20.8 Å². The predicted molar refractivity (Wildman–Crippen MR) is 98.1 cm³/mol. The number of thioether (sulfide) groups is 1. The Labute approximate surface area is 154 Å². The second-order valence-corrected chi connectivity index (χ2v) is 7.51. The van der Waals surface area contributed by atoms with Gasteiger partial charge in [0, 0.05) is 23.9 Å². The second-order valence-electron chi connectivity index (χ2n) is 5.35. The largest absolute Gasteiger partial charge is 0.452 e. The number of methoxy groups -OCH3 is 1. The minimum Gasteiger partial charge on any atom is -0.452 e. The standard InChI is InChI=1S/C16H21N3O4S2/c1-9-11(3)25-16-13(9)15(18-8-19-16)24-7-12(20)23-10(2)14(21)17-5-6-22-4/h8,10H,5-7H2,1-4H3,(H,17,21)/t10-/m0/s1. The highest BCUT2D eigenvalue weighted by Gasteiger charge is 2.19. The van der Waals surface area contributed by atoms with E-state index in [1.165, 1.54) is 23.0 Å². The van der Waals surface area contributed by atoms with Crippen molar-refractivity contribution in [1.29, 1.82) is 0 Å². The molecule has 0 aliphatic carbocycles. The molecular weight excluding hydrogens is 362 g/mol. The summed E-state index contributed by atoms with van der Waals surface area (Å²) in [7, 11) is 1.55. The number of aryl methyl sites for hydroxylation is 2. The van der Waals surface area contributed by atoms with Gasteiger partial charge in [0.25, 0.3) is 5.91 Å². The number of amides is 1. The molecule has 136 valence electrons. The predicted octanol–water partition coefficient (Wildman–Crippen LogP) is 2.09. The molecule has 0 bridgehead atoms. The zero-order valence-corrected chi connectivity index (χ0v) is 16.3. The van der Waals surface area contributed by atoms with Gasteiger partial charge in [-0.2, -0.15) is 0 Å². The molecule has 25 heavy (non-hydrogen) atoms. The van der Waals surface area contributed by atoms with E-state index in [0.29, 0.717) is 13.2 Å². The number of esters is 1. The number of ether oxygens (including phenoxy) is 2. The molecule has 0 aliphatic rings. The van der Waals surface area contributed by atoms with Crippen LogP contribution >= 0.6 is 23.1 Å². The van der Waals surface area contributed by atoms with Gasteiger partial charge in [0.05, 0.1) is 12.4 Å². The highest BCUT2D eigenvalue weighted by atomic mass is 32.2. The Kier molecular flexibility index (Phi) is 7.15. The molecule has 2 aromatic rings. The minimum atomic E-state index is -0.847. The summed E-state index contributed by atoms with van der Waals surface area (Å²) in [6.07, 6.45) is 0.651. The quantitative estimate of drug-likeness (QED) is 0.323. The molecule has 1 amide bonds. The summed E-state index contributed by atoms with van der Waals surface area (Å²) in [5, 5.41) is 4.36. The summed E-state index contributed by atoms with van der Waals surface area (Å²) < 4.78 is 10.0. The maximum absolute atomic E-state index is 12.0. The molecule has 0 saturated heterocycles. The third-order valence-electron chi connectivity index (χ3n) is 3.54. The van der Waals surface area contributed by atoms with Gasteiger partial charge in [0.15, 0.2) is 6.10 Å². The van der Waals surface area contributed by atoms with E-state index in [9.17, 15) is 9.59 Å². The highest BCUT2D eigenvalue weighted by molar-refractivity contribution is 8.00. The van der Waals surface area contributed by atoms with Crippen LogP contribution in [0.4, 0.5) is 0 Å². The van der Waals surface area contributed by atoms with Crippen LogP contribution in [0.25, 0.3) is 10.2 Å². The van der Waals surface area contributed by atoms with Crippen LogP contribution in [0, 0.1) is 13.8 Å². The van der Waals surface area contributed by atoms with Gasteiger partial charge in [-0.1, -0.05) is 11.8 Å². The molecule has 2 heterocycles. The molecule has 0 radical (unpaired) electrons. The average molecular weight is 383 g/mol. The third-order valence-corrected chi connectivity index (χ3v) is 5.62. The van der Waals surface area contributed by atoms with Crippen LogP contribution in [-0.4, -0.2) is 54.0 Å². The molecule has 1 atom stereocenters. The molecule has 0 fully saturated rings. The number of hydrogen-bond donors (Lipinski definition) is 1.